The molecular weight excluding hydrogens is 382 g/mol. The minimum absolute atomic E-state index is 0.0625. The van der Waals surface area contributed by atoms with Crippen molar-refractivity contribution in [1.29, 1.82) is 0 Å². The van der Waals surface area contributed by atoms with Gasteiger partial charge in [0.1, 0.15) is 0 Å². The Labute approximate surface area is 175 Å². The van der Waals surface area contributed by atoms with Crippen LogP contribution in [0, 0.1) is 13.8 Å². The van der Waals surface area contributed by atoms with Gasteiger partial charge in [0.05, 0.1) is 19.6 Å². The summed E-state index contributed by atoms with van der Waals surface area (Å²) in [6.07, 6.45) is 0.348. The molecule has 0 spiro atoms. The third kappa shape index (κ3) is 3.87. The quantitative estimate of drug-likeness (QED) is 0.607. The molecule has 156 valence electrons. The van der Waals surface area contributed by atoms with Gasteiger partial charge >= 0.3 is 0 Å². The van der Waals surface area contributed by atoms with Gasteiger partial charge in [0, 0.05) is 24.2 Å². The molecule has 3 aromatic rings. The zero-order chi connectivity index (χ0) is 21.3. The first kappa shape index (κ1) is 19.9. The number of methoxy groups -OCH3 is 1. The van der Waals surface area contributed by atoms with Crippen molar-refractivity contribution in [3.05, 3.63) is 53.4 Å². The summed E-state index contributed by atoms with van der Waals surface area (Å²) in [6, 6.07) is 11.7. The summed E-state index contributed by atoms with van der Waals surface area (Å²) in [6.45, 7) is 7.06. The van der Waals surface area contributed by atoms with Gasteiger partial charge < -0.3 is 18.9 Å². The van der Waals surface area contributed by atoms with Gasteiger partial charge in [-0.3, -0.25) is 4.79 Å². The number of nitrogens with zero attached hydrogens (tertiary/aromatic N) is 3. The van der Waals surface area contributed by atoms with Gasteiger partial charge in [0.25, 0.3) is 0 Å². The van der Waals surface area contributed by atoms with Gasteiger partial charge in [-0.05, 0) is 62.2 Å². The highest BCUT2D eigenvalue weighted by Gasteiger charge is 2.35. The lowest BCUT2D eigenvalue weighted by Gasteiger charge is -2.17. The fourth-order valence-corrected chi connectivity index (χ4v) is 3.83. The second kappa shape index (κ2) is 8.18. The highest BCUT2D eigenvalue weighted by Crippen LogP contribution is 2.35. The third-order valence-electron chi connectivity index (χ3n) is 5.16. The van der Waals surface area contributed by atoms with E-state index in [1.165, 1.54) is 0 Å². The Hall–Kier alpha value is -3.35. The monoisotopic (exact) mass is 407 g/mol. The fourth-order valence-electron chi connectivity index (χ4n) is 3.83. The van der Waals surface area contributed by atoms with Crippen molar-refractivity contribution in [2.45, 2.75) is 33.1 Å². The smallest absolute Gasteiger partial charge is 0.232 e. The molecule has 7 nitrogen and oxygen atoms in total. The van der Waals surface area contributed by atoms with Crippen LogP contribution >= 0.6 is 0 Å². The van der Waals surface area contributed by atoms with Crippen LogP contribution in [0.15, 0.2) is 40.9 Å². The number of carbonyl (C=O) groups is 1. The molecule has 1 aromatic heterocycles. The normalized spacial score (nSPS) is 16.2. The molecule has 1 unspecified atom stereocenters. The molecule has 1 saturated heterocycles. The van der Waals surface area contributed by atoms with E-state index in [9.17, 15) is 4.79 Å². The van der Waals surface area contributed by atoms with E-state index in [0.29, 0.717) is 42.8 Å². The zero-order valence-corrected chi connectivity index (χ0v) is 17.6. The van der Waals surface area contributed by atoms with Crippen LogP contribution in [0.4, 0.5) is 5.69 Å². The van der Waals surface area contributed by atoms with Crippen LogP contribution in [0.3, 0.4) is 0 Å². The molecule has 1 aliphatic rings. The summed E-state index contributed by atoms with van der Waals surface area (Å²) in [7, 11) is 1.59. The van der Waals surface area contributed by atoms with E-state index in [0.717, 1.165) is 22.4 Å². The Balaban J connectivity index is 1.55. The topological polar surface area (TPSA) is 77.7 Å². The van der Waals surface area contributed by atoms with Crippen molar-refractivity contribution in [2.24, 2.45) is 0 Å². The standard InChI is InChI=1S/C23H25N3O4/c1-5-29-19-7-6-16(11-20(19)28-4)22-24-23(30-25-22)17-12-21(27)26(13-17)18-9-14(2)8-15(3)10-18/h6-11,17H,5,12-13H2,1-4H3. The van der Waals surface area contributed by atoms with Crippen molar-refractivity contribution in [3.63, 3.8) is 0 Å². The largest absolute Gasteiger partial charge is 0.493 e. The van der Waals surface area contributed by atoms with E-state index < -0.39 is 0 Å². The molecule has 0 radical (unpaired) electrons. The van der Waals surface area contributed by atoms with Gasteiger partial charge in [-0.2, -0.15) is 4.98 Å². The second-order valence-electron chi connectivity index (χ2n) is 7.51. The molecule has 1 fully saturated rings. The number of amides is 1. The van der Waals surface area contributed by atoms with Crippen LogP contribution in [0.5, 0.6) is 11.5 Å². The number of aryl methyl sites for hydroxylation is 2. The third-order valence-corrected chi connectivity index (χ3v) is 5.16. The molecule has 30 heavy (non-hydrogen) atoms. The van der Waals surface area contributed by atoms with Crippen molar-refractivity contribution in [1.82, 2.24) is 10.1 Å². The number of hydrogen-bond acceptors (Lipinski definition) is 6. The first-order chi connectivity index (χ1) is 14.5. The lowest BCUT2D eigenvalue weighted by Crippen LogP contribution is -2.24. The van der Waals surface area contributed by atoms with E-state index in [-0.39, 0.29) is 11.8 Å². The Kier molecular flexibility index (Phi) is 5.44. The molecule has 1 atom stereocenters. The summed E-state index contributed by atoms with van der Waals surface area (Å²) in [4.78, 5) is 19.0. The van der Waals surface area contributed by atoms with E-state index in [4.69, 9.17) is 14.0 Å². The zero-order valence-electron chi connectivity index (χ0n) is 17.6. The van der Waals surface area contributed by atoms with Crippen LogP contribution < -0.4 is 14.4 Å². The fraction of sp³-hybridized carbons (Fsp3) is 0.348. The molecule has 2 aromatic carbocycles. The molecule has 7 heteroatoms. The van der Waals surface area contributed by atoms with Gasteiger partial charge in [0.15, 0.2) is 11.5 Å². The van der Waals surface area contributed by atoms with Crippen molar-refractivity contribution in [3.8, 4) is 22.9 Å². The second-order valence-corrected chi connectivity index (χ2v) is 7.51. The highest BCUT2D eigenvalue weighted by atomic mass is 16.5. The molecule has 1 amide bonds. The molecule has 0 N–H and O–H groups in total. The van der Waals surface area contributed by atoms with Crippen LogP contribution in [0.2, 0.25) is 0 Å². The summed E-state index contributed by atoms with van der Waals surface area (Å²) in [5.74, 6) is 2.13. The molecule has 2 heterocycles. The van der Waals surface area contributed by atoms with Gasteiger partial charge in [0.2, 0.25) is 17.6 Å². The number of benzene rings is 2. The summed E-state index contributed by atoms with van der Waals surface area (Å²) >= 11 is 0. The molecule has 1 aliphatic heterocycles. The maximum Gasteiger partial charge on any atom is 0.232 e. The van der Waals surface area contributed by atoms with E-state index >= 15 is 0 Å². The predicted octanol–water partition coefficient (Wildman–Crippen LogP) is 4.28. The average Bonchev–Trinajstić information content (AvgIpc) is 3.35. The van der Waals surface area contributed by atoms with Gasteiger partial charge in [-0.15, -0.1) is 0 Å². The number of aromatic nitrogens is 2. The van der Waals surface area contributed by atoms with Crippen molar-refractivity contribution >= 4 is 11.6 Å². The minimum atomic E-state index is -0.135. The lowest BCUT2D eigenvalue weighted by atomic mass is 10.1. The van der Waals surface area contributed by atoms with Crippen LogP contribution in [-0.2, 0) is 4.79 Å². The van der Waals surface area contributed by atoms with Gasteiger partial charge in [-0.25, -0.2) is 0 Å². The van der Waals surface area contributed by atoms with Crippen molar-refractivity contribution < 1.29 is 18.8 Å². The van der Waals surface area contributed by atoms with Crippen LogP contribution in [0.1, 0.15) is 36.3 Å². The molecule has 0 aliphatic carbocycles. The molecular formula is C23H25N3O4. The number of anilines is 1. The summed E-state index contributed by atoms with van der Waals surface area (Å²) in [5, 5.41) is 4.12. The minimum Gasteiger partial charge on any atom is -0.493 e. The van der Waals surface area contributed by atoms with E-state index in [1.807, 2.05) is 51.1 Å². The number of hydrogen-bond donors (Lipinski definition) is 0. The first-order valence-electron chi connectivity index (χ1n) is 10.0. The van der Waals surface area contributed by atoms with E-state index in [2.05, 4.69) is 16.2 Å². The lowest BCUT2D eigenvalue weighted by molar-refractivity contribution is -0.117. The Bertz CT molecular complexity index is 1060. The van der Waals surface area contributed by atoms with Crippen molar-refractivity contribution in [2.75, 3.05) is 25.2 Å². The molecule has 4 rings (SSSR count). The highest BCUT2D eigenvalue weighted by molar-refractivity contribution is 5.96. The number of carbonyl (C=O) groups excluding carboxylic acids is 1. The van der Waals surface area contributed by atoms with E-state index in [1.54, 1.807) is 12.0 Å². The predicted molar refractivity (Wildman–Crippen MR) is 113 cm³/mol. The Morgan fingerprint density at radius 3 is 2.60 bits per heavy atom. The van der Waals surface area contributed by atoms with Crippen LogP contribution in [0.25, 0.3) is 11.4 Å². The maximum absolute atomic E-state index is 12.6. The SMILES string of the molecule is CCOc1ccc(-c2noc(C3CC(=O)N(c4cc(C)cc(C)c4)C3)n2)cc1OC. The maximum atomic E-state index is 12.6. The Morgan fingerprint density at radius 1 is 1.13 bits per heavy atom. The first-order valence-corrected chi connectivity index (χ1v) is 10.0. The average molecular weight is 407 g/mol. The summed E-state index contributed by atoms with van der Waals surface area (Å²) in [5.41, 5.74) is 3.94. The van der Waals surface area contributed by atoms with Crippen LogP contribution in [-0.4, -0.2) is 36.3 Å². The summed E-state index contributed by atoms with van der Waals surface area (Å²) < 4.78 is 16.5. The molecule has 0 bridgehead atoms. The van der Waals surface area contributed by atoms with Gasteiger partial charge in [-0.1, -0.05) is 11.2 Å². The Morgan fingerprint density at radius 2 is 1.90 bits per heavy atom. The molecule has 0 saturated carbocycles. The number of rotatable bonds is 6. The number of ether oxygens (including phenoxy) is 2.